The predicted molar refractivity (Wildman–Crippen MR) is 91.6 cm³/mol. The molecule has 0 spiro atoms. The fourth-order valence-corrected chi connectivity index (χ4v) is 2.85. The zero-order valence-corrected chi connectivity index (χ0v) is 13.9. The number of rotatable bonds is 2. The van der Waals surface area contributed by atoms with Crippen molar-refractivity contribution in [3.8, 4) is 5.75 Å². The molecule has 2 rings (SSSR count). The Bertz CT molecular complexity index is 494. The van der Waals surface area contributed by atoms with E-state index in [1.54, 1.807) is 6.07 Å². The van der Waals surface area contributed by atoms with Crippen molar-refractivity contribution < 1.29 is 5.11 Å². The molecule has 0 unspecified atom stereocenters. The first-order chi connectivity index (χ1) is 9.72. The average Bonchev–Trinajstić information content (AvgIpc) is 2.39. The van der Waals surface area contributed by atoms with Crippen LogP contribution in [-0.4, -0.2) is 5.11 Å². The second kappa shape index (κ2) is 7.31. The van der Waals surface area contributed by atoms with Crippen LogP contribution in [0.4, 0.5) is 0 Å². The van der Waals surface area contributed by atoms with E-state index in [9.17, 15) is 5.11 Å². The first kappa shape index (κ1) is 17.3. The van der Waals surface area contributed by atoms with Crippen molar-refractivity contribution in [1.29, 1.82) is 0 Å². The van der Waals surface area contributed by atoms with Crippen molar-refractivity contribution in [2.75, 3.05) is 0 Å². The third-order valence-electron chi connectivity index (χ3n) is 3.27. The van der Waals surface area contributed by atoms with Gasteiger partial charge in [-0.25, -0.2) is 0 Å². The van der Waals surface area contributed by atoms with Crippen LogP contribution in [0.15, 0.2) is 60.7 Å². The molecule has 1 nitrogen and oxygen atoms in total. The monoisotopic (exact) mass is 284 g/mol. The molecule has 0 bridgehead atoms. The van der Waals surface area contributed by atoms with E-state index in [1.807, 2.05) is 54.6 Å². The third-order valence-corrected chi connectivity index (χ3v) is 3.27. The molecule has 1 N–H and O–H groups in total. The Labute approximate surface area is 129 Å². The smallest absolute Gasteiger partial charge is 0.119 e. The molecule has 2 aromatic rings. The minimum Gasteiger partial charge on any atom is -0.508 e. The van der Waals surface area contributed by atoms with E-state index in [1.165, 1.54) is 0 Å². The second-order valence-corrected chi connectivity index (χ2v) is 7.29. The van der Waals surface area contributed by atoms with Gasteiger partial charge in [-0.15, -0.1) is 0 Å². The highest BCUT2D eigenvalue weighted by Gasteiger charge is 2.28. The first-order valence-corrected chi connectivity index (χ1v) is 7.51. The molecule has 0 radical (unpaired) electrons. The molecule has 0 fully saturated rings. The highest BCUT2D eigenvalue weighted by Crippen LogP contribution is 2.39. The second-order valence-electron chi connectivity index (χ2n) is 7.29. The Balaban J connectivity index is 0.000000304. The maximum absolute atomic E-state index is 9.84. The molecule has 0 aliphatic rings. The lowest BCUT2D eigenvalue weighted by Crippen LogP contribution is -2.24. The van der Waals surface area contributed by atoms with Crippen LogP contribution >= 0.6 is 0 Å². The first-order valence-electron chi connectivity index (χ1n) is 7.51. The summed E-state index contributed by atoms with van der Waals surface area (Å²) in [5, 5.41) is 9.84. The summed E-state index contributed by atoms with van der Waals surface area (Å²) in [5.74, 6) is 0.409. The number of phenols is 1. The summed E-state index contributed by atoms with van der Waals surface area (Å²) in [6.45, 7) is 11.1. The van der Waals surface area contributed by atoms with E-state index in [-0.39, 0.29) is 10.8 Å². The van der Waals surface area contributed by atoms with Crippen LogP contribution < -0.4 is 0 Å². The molecular weight excluding hydrogens is 256 g/mol. The van der Waals surface area contributed by atoms with Crippen LogP contribution in [0.2, 0.25) is 0 Å². The molecule has 0 amide bonds. The van der Waals surface area contributed by atoms with Crippen LogP contribution in [0.3, 0.4) is 0 Å². The van der Waals surface area contributed by atoms with Crippen molar-refractivity contribution in [1.82, 2.24) is 0 Å². The van der Waals surface area contributed by atoms with Crippen LogP contribution in [0.1, 0.15) is 46.6 Å². The minimum absolute atomic E-state index is 0.0175. The fourth-order valence-electron chi connectivity index (χ4n) is 2.85. The molecule has 0 saturated heterocycles. The third kappa shape index (κ3) is 6.48. The van der Waals surface area contributed by atoms with E-state index in [0.29, 0.717) is 5.75 Å². The maximum atomic E-state index is 9.84. The number of aromatic hydroxyl groups is 1. The predicted octanol–water partition coefficient (Wildman–Crippen LogP) is 5.79. The summed E-state index contributed by atoms with van der Waals surface area (Å²) in [5.41, 5.74) is 1.33. The highest BCUT2D eigenvalue weighted by atomic mass is 16.3. The Morgan fingerprint density at radius 3 is 1.52 bits per heavy atom. The van der Waals surface area contributed by atoms with Crippen LogP contribution in [-0.2, 0) is 5.41 Å². The van der Waals surface area contributed by atoms with E-state index < -0.39 is 0 Å². The van der Waals surface area contributed by atoms with Gasteiger partial charge in [0.15, 0.2) is 0 Å². The Hall–Kier alpha value is -1.76. The van der Waals surface area contributed by atoms with Crippen molar-refractivity contribution >= 4 is 0 Å². The fraction of sp³-hybridized carbons (Fsp3) is 0.400. The number of phenolic OH excluding ortho intramolecular Hbond substituents is 1. The summed E-state index contributed by atoms with van der Waals surface area (Å²) >= 11 is 0. The number of hydrogen-bond donors (Lipinski definition) is 1. The lowest BCUT2D eigenvalue weighted by atomic mass is 9.72. The maximum Gasteiger partial charge on any atom is 0.119 e. The summed E-state index contributed by atoms with van der Waals surface area (Å²) in [4.78, 5) is 0. The van der Waals surface area contributed by atoms with E-state index in [4.69, 9.17) is 0 Å². The van der Waals surface area contributed by atoms with E-state index in [2.05, 4.69) is 34.6 Å². The molecular formula is C20H28O. The lowest BCUT2D eigenvalue weighted by Gasteiger charge is -2.33. The molecule has 2 aromatic carbocycles. The van der Waals surface area contributed by atoms with Gasteiger partial charge in [0, 0.05) is 0 Å². The number of hydrogen-bond acceptors (Lipinski definition) is 1. The molecule has 21 heavy (non-hydrogen) atoms. The number of benzene rings is 2. The molecule has 0 aliphatic heterocycles. The molecule has 114 valence electrons. The standard InChI is InChI=1S/C14H22O.C6H6/c1-13(2,3)10-14(4,5)11-8-6-7-9-12(11)15;1-2-4-6-5-3-1/h6-9,15H,10H2,1-5H3;1-6H. The summed E-state index contributed by atoms with van der Waals surface area (Å²) in [6, 6.07) is 19.6. The SMILES string of the molecule is CC(C)(C)CC(C)(C)c1ccccc1O.c1ccccc1. The molecule has 0 aromatic heterocycles. The van der Waals surface area contributed by atoms with Crippen LogP contribution in [0.25, 0.3) is 0 Å². The molecule has 1 heteroatoms. The van der Waals surface area contributed by atoms with Gasteiger partial charge in [-0.3, -0.25) is 0 Å². The topological polar surface area (TPSA) is 20.2 Å². The summed E-state index contributed by atoms with van der Waals surface area (Å²) in [6.07, 6.45) is 1.05. The molecule has 0 aliphatic carbocycles. The van der Waals surface area contributed by atoms with Gasteiger partial charge in [0.05, 0.1) is 0 Å². The van der Waals surface area contributed by atoms with Gasteiger partial charge < -0.3 is 5.11 Å². The molecule has 0 heterocycles. The van der Waals surface area contributed by atoms with Crippen LogP contribution in [0.5, 0.6) is 5.75 Å². The average molecular weight is 284 g/mol. The summed E-state index contributed by atoms with van der Waals surface area (Å²) < 4.78 is 0. The van der Waals surface area contributed by atoms with Crippen molar-refractivity contribution in [3.63, 3.8) is 0 Å². The van der Waals surface area contributed by atoms with Gasteiger partial charge >= 0.3 is 0 Å². The largest absolute Gasteiger partial charge is 0.508 e. The Morgan fingerprint density at radius 1 is 0.714 bits per heavy atom. The zero-order chi connectivity index (χ0) is 15.9. The Morgan fingerprint density at radius 2 is 1.14 bits per heavy atom. The Kier molecular flexibility index (Phi) is 6.02. The number of para-hydroxylation sites is 1. The van der Waals surface area contributed by atoms with Gasteiger partial charge in [-0.1, -0.05) is 89.2 Å². The van der Waals surface area contributed by atoms with E-state index in [0.717, 1.165) is 12.0 Å². The summed E-state index contributed by atoms with van der Waals surface area (Å²) in [7, 11) is 0. The normalized spacial score (nSPS) is 11.5. The van der Waals surface area contributed by atoms with Crippen molar-refractivity contribution in [2.45, 2.75) is 46.5 Å². The van der Waals surface area contributed by atoms with Gasteiger partial charge in [0.2, 0.25) is 0 Å². The van der Waals surface area contributed by atoms with Gasteiger partial charge in [0.25, 0.3) is 0 Å². The quantitative estimate of drug-likeness (QED) is 0.739. The minimum atomic E-state index is 0.0175. The lowest BCUT2D eigenvalue weighted by molar-refractivity contribution is 0.278. The van der Waals surface area contributed by atoms with Crippen molar-refractivity contribution in [3.05, 3.63) is 66.2 Å². The van der Waals surface area contributed by atoms with Gasteiger partial charge in [0.1, 0.15) is 5.75 Å². The van der Waals surface area contributed by atoms with Gasteiger partial charge in [-0.05, 0) is 28.9 Å². The van der Waals surface area contributed by atoms with Crippen molar-refractivity contribution in [2.24, 2.45) is 5.41 Å². The molecule has 0 atom stereocenters. The zero-order valence-electron chi connectivity index (χ0n) is 13.9. The molecule has 0 saturated carbocycles. The van der Waals surface area contributed by atoms with Gasteiger partial charge in [-0.2, -0.15) is 0 Å². The van der Waals surface area contributed by atoms with E-state index >= 15 is 0 Å². The van der Waals surface area contributed by atoms with Crippen LogP contribution in [0, 0.1) is 5.41 Å². The highest BCUT2D eigenvalue weighted by molar-refractivity contribution is 5.37.